The van der Waals surface area contributed by atoms with Gasteiger partial charge in [0.1, 0.15) is 0 Å². The van der Waals surface area contributed by atoms with Gasteiger partial charge in [-0.05, 0) is 18.1 Å². The van der Waals surface area contributed by atoms with Crippen LogP contribution in [0, 0.1) is 6.92 Å². The van der Waals surface area contributed by atoms with E-state index in [0.717, 1.165) is 11.1 Å². The minimum Gasteiger partial charge on any atom is -0.350 e. The van der Waals surface area contributed by atoms with Gasteiger partial charge < -0.3 is 10.4 Å². The van der Waals surface area contributed by atoms with Gasteiger partial charge in [-0.2, -0.15) is 0 Å². The molecule has 1 aromatic heterocycles. The Labute approximate surface area is 104 Å². The first kappa shape index (κ1) is 12.2. The van der Waals surface area contributed by atoms with Crippen LogP contribution >= 0.6 is 0 Å². The maximum atomic E-state index is 11.7. The summed E-state index contributed by atoms with van der Waals surface area (Å²) < 4.78 is 0. The Kier molecular flexibility index (Phi) is 3.62. The van der Waals surface area contributed by atoms with Crippen LogP contribution in [0.1, 0.15) is 16.8 Å². The fourth-order valence-electron chi connectivity index (χ4n) is 1.71. The number of aryl methyl sites for hydroxylation is 1. The molecule has 1 heterocycles. The normalized spacial score (nSPS) is 10.3. The molecule has 0 unspecified atom stereocenters. The topological polar surface area (TPSA) is 77.8 Å². The van der Waals surface area contributed by atoms with E-state index in [-0.39, 0.29) is 11.5 Å². The molecule has 3 N–H and O–H groups in total. The third-order valence-corrected chi connectivity index (χ3v) is 2.74. The van der Waals surface area contributed by atoms with E-state index < -0.39 is 0 Å². The Balaban J connectivity index is 1.90. The predicted octanol–water partition coefficient (Wildman–Crippen LogP) is 0.870. The van der Waals surface area contributed by atoms with Gasteiger partial charge in [-0.3, -0.25) is 14.7 Å². The highest BCUT2D eigenvalue weighted by molar-refractivity contribution is 5.78. The summed E-state index contributed by atoms with van der Waals surface area (Å²) in [4.78, 5) is 22.6. The zero-order valence-corrected chi connectivity index (χ0v) is 10.1. The molecule has 0 saturated heterocycles. The first-order valence-corrected chi connectivity index (χ1v) is 5.73. The highest BCUT2D eigenvalue weighted by atomic mass is 16.1. The summed E-state index contributed by atoms with van der Waals surface area (Å²) in [6.07, 6.45) is 0.349. The Morgan fingerprint density at radius 3 is 2.72 bits per heavy atom. The number of H-pyrrole nitrogens is 2. The molecule has 0 aliphatic rings. The standard InChI is InChI=1S/C13H15N3O2/c1-9-4-2-3-5-10(9)6-12(17)14-8-11-7-13(18)16-15-11/h2-5,7H,6,8H2,1H3,(H,14,17)(H2,15,16,18). The average Bonchev–Trinajstić information content (AvgIpc) is 2.76. The number of benzene rings is 1. The summed E-state index contributed by atoms with van der Waals surface area (Å²) in [6.45, 7) is 2.30. The number of carbonyl (C=O) groups is 1. The van der Waals surface area contributed by atoms with Crippen molar-refractivity contribution >= 4 is 5.91 Å². The third-order valence-electron chi connectivity index (χ3n) is 2.74. The maximum Gasteiger partial charge on any atom is 0.264 e. The monoisotopic (exact) mass is 245 g/mol. The van der Waals surface area contributed by atoms with E-state index in [1.54, 1.807) is 0 Å². The lowest BCUT2D eigenvalue weighted by Crippen LogP contribution is -2.25. The number of aromatic nitrogens is 2. The average molecular weight is 245 g/mol. The minimum absolute atomic E-state index is 0.0636. The molecular weight excluding hydrogens is 230 g/mol. The molecule has 1 aromatic carbocycles. The molecule has 0 spiro atoms. The van der Waals surface area contributed by atoms with Crippen molar-refractivity contribution in [1.82, 2.24) is 15.5 Å². The molecule has 0 fully saturated rings. The highest BCUT2D eigenvalue weighted by Crippen LogP contribution is 2.07. The smallest absolute Gasteiger partial charge is 0.264 e. The van der Waals surface area contributed by atoms with Crippen LogP contribution in [0.5, 0.6) is 0 Å². The molecule has 1 amide bonds. The van der Waals surface area contributed by atoms with Gasteiger partial charge in [-0.25, -0.2) is 0 Å². The first-order chi connectivity index (χ1) is 8.65. The molecule has 2 rings (SSSR count). The van der Waals surface area contributed by atoms with Crippen molar-refractivity contribution in [3.63, 3.8) is 0 Å². The highest BCUT2D eigenvalue weighted by Gasteiger charge is 2.05. The van der Waals surface area contributed by atoms with E-state index in [9.17, 15) is 9.59 Å². The predicted molar refractivity (Wildman–Crippen MR) is 68.1 cm³/mol. The lowest BCUT2D eigenvalue weighted by Gasteiger charge is -2.06. The van der Waals surface area contributed by atoms with E-state index in [2.05, 4.69) is 15.5 Å². The second-order valence-electron chi connectivity index (χ2n) is 4.16. The molecule has 2 aromatic rings. The van der Waals surface area contributed by atoms with Crippen LogP contribution in [0.25, 0.3) is 0 Å². The van der Waals surface area contributed by atoms with Crippen molar-refractivity contribution in [3.8, 4) is 0 Å². The van der Waals surface area contributed by atoms with Crippen LogP contribution < -0.4 is 10.9 Å². The summed E-state index contributed by atoms with van der Waals surface area (Å²) in [5.74, 6) is -0.0636. The number of nitrogens with one attached hydrogen (secondary N) is 3. The van der Waals surface area contributed by atoms with Crippen LogP contribution in [0.3, 0.4) is 0 Å². The van der Waals surface area contributed by atoms with Crippen molar-refractivity contribution in [2.24, 2.45) is 0 Å². The fourth-order valence-corrected chi connectivity index (χ4v) is 1.71. The Hall–Kier alpha value is -2.30. The second-order valence-corrected chi connectivity index (χ2v) is 4.16. The lowest BCUT2D eigenvalue weighted by atomic mass is 10.1. The second kappa shape index (κ2) is 5.35. The molecule has 0 aliphatic carbocycles. The van der Waals surface area contributed by atoms with Crippen molar-refractivity contribution in [3.05, 3.63) is 57.5 Å². The SMILES string of the molecule is Cc1ccccc1CC(=O)NCc1cc(=O)[nH][nH]1. The zero-order chi connectivity index (χ0) is 13.0. The van der Waals surface area contributed by atoms with Gasteiger partial charge in [-0.1, -0.05) is 24.3 Å². The van der Waals surface area contributed by atoms with Crippen LogP contribution in [-0.2, 0) is 17.8 Å². The molecule has 5 nitrogen and oxygen atoms in total. The fraction of sp³-hybridized carbons (Fsp3) is 0.231. The summed E-state index contributed by atoms with van der Waals surface area (Å²) in [7, 11) is 0. The van der Waals surface area contributed by atoms with E-state index in [1.165, 1.54) is 6.07 Å². The maximum absolute atomic E-state index is 11.7. The number of amides is 1. The van der Waals surface area contributed by atoms with Crippen molar-refractivity contribution < 1.29 is 4.79 Å². The van der Waals surface area contributed by atoms with Crippen LogP contribution in [0.2, 0.25) is 0 Å². The number of aromatic amines is 2. The Morgan fingerprint density at radius 1 is 1.28 bits per heavy atom. The zero-order valence-electron chi connectivity index (χ0n) is 10.1. The third kappa shape index (κ3) is 3.10. The molecule has 0 aliphatic heterocycles. The quantitative estimate of drug-likeness (QED) is 0.747. The van der Waals surface area contributed by atoms with Crippen LogP contribution in [0.15, 0.2) is 35.1 Å². The van der Waals surface area contributed by atoms with E-state index >= 15 is 0 Å². The lowest BCUT2D eigenvalue weighted by molar-refractivity contribution is -0.120. The number of hydrogen-bond donors (Lipinski definition) is 3. The number of hydrogen-bond acceptors (Lipinski definition) is 2. The van der Waals surface area contributed by atoms with Crippen molar-refractivity contribution in [2.45, 2.75) is 19.9 Å². The molecular formula is C13H15N3O2. The van der Waals surface area contributed by atoms with Gasteiger partial charge >= 0.3 is 0 Å². The molecule has 0 radical (unpaired) electrons. The molecule has 18 heavy (non-hydrogen) atoms. The molecule has 5 heteroatoms. The van der Waals surface area contributed by atoms with E-state index in [0.29, 0.717) is 18.7 Å². The Morgan fingerprint density at radius 2 is 2.06 bits per heavy atom. The van der Waals surface area contributed by atoms with Crippen molar-refractivity contribution in [1.29, 1.82) is 0 Å². The summed E-state index contributed by atoms with van der Waals surface area (Å²) in [6, 6.07) is 9.20. The Bertz CT molecular complexity index is 598. The largest absolute Gasteiger partial charge is 0.350 e. The minimum atomic E-state index is -0.196. The van der Waals surface area contributed by atoms with Crippen LogP contribution in [-0.4, -0.2) is 16.1 Å². The molecule has 0 bridgehead atoms. The molecule has 94 valence electrons. The van der Waals surface area contributed by atoms with Crippen molar-refractivity contribution in [2.75, 3.05) is 0 Å². The van der Waals surface area contributed by atoms with Gasteiger partial charge in [0, 0.05) is 6.07 Å². The van der Waals surface area contributed by atoms with E-state index in [1.807, 2.05) is 31.2 Å². The molecule has 0 atom stereocenters. The van der Waals surface area contributed by atoms with Gasteiger partial charge in [0.15, 0.2) is 0 Å². The summed E-state index contributed by atoms with van der Waals surface area (Å²) >= 11 is 0. The van der Waals surface area contributed by atoms with Gasteiger partial charge in [0.05, 0.1) is 18.7 Å². The van der Waals surface area contributed by atoms with Gasteiger partial charge in [-0.15, -0.1) is 0 Å². The summed E-state index contributed by atoms with van der Waals surface area (Å²) in [5.41, 5.74) is 2.58. The molecule has 0 saturated carbocycles. The van der Waals surface area contributed by atoms with Gasteiger partial charge in [0.25, 0.3) is 5.56 Å². The van der Waals surface area contributed by atoms with Crippen LogP contribution in [0.4, 0.5) is 0 Å². The number of rotatable bonds is 4. The first-order valence-electron chi connectivity index (χ1n) is 5.73. The summed E-state index contributed by atoms with van der Waals surface area (Å²) in [5, 5.41) is 7.86. The van der Waals surface area contributed by atoms with E-state index in [4.69, 9.17) is 0 Å². The van der Waals surface area contributed by atoms with Gasteiger partial charge in [0.2, 0.25) is 5.91 Å². The number of carbonyl (C=O) groups excluding carboxylic acids is 1.